The van der Waals surface area contributed by atoms with Crippen LogP contribution in [0.2, 0.25) is 0 Å². The average molecular weight is 176 g/mol. The highest BCUT2D eigenvalue weighted by Crippen LogP contribution is 2.11. The number of rotatable bonds is 4. The van der Waals surface area contributed by atoms with Crippen LogP contribution in [0.4, 0.5) is 0 Å². The maximum atomic E-state index is 5.17. The Kier molecular flexibility index (Phi) is 5.36. The Hall–Kier alpha value is 0.440. The molecule has 0 aromatic rings. The summed E-state index contributed by atoms with van der Waals surface area (Å²) in [4.78, 5) is 1.15. The molecular formula is C8H16S2. The maximum Gasteiger partial charge on any atom is 0.00596 e. The van der Waals surface area contributed by atoms with E-state index in [4.69, 9.17) is 12.2 Å². The molecule has 0 aliphatic rings. The second-order valence-corrected chi connectivity index (χ2v) is 4.14. The summed E-state index contributed by atoms with van der Waals surface area (Å²) in [5.74, 6) is 0.538. The van der Waals surface area contributed by atoms with Gasteiger partial charge in [0.15, 0.2) is 0 Å². The van der Waals surface area contributed by atoms with Crippen molar-refractivity contribution < 1.29 is 0 Å². The van der Waals surface area contributed by atoms with Gasteiger partial charge in [-0.05, 0) is 23.6 Å². The van der Waals surface area contributed by atoms with E-state index in [-0.39, 0.29) is 0 Å². The van der Waals surface area contributed by atoms with Crippen LogP contribution in [0.25, 0.3) is 0 Å². The molecular weight excluding hydrogens is 160 g/mol. The maximum absolute atomic E-state index is 5.17. The molecule has 0 saturated carbocycles. The molecule has 0 aliphatic heterocycles. The molecule has 0 aliphatic carbocycles. The number of thiocarbonyl (C=S) groups is 1. The standard InChI is InChI=1S/C8H16S2/c1-4-7(9)5-8(10)6(2)3/h6-7,9H,4-5H2,1-3H3. The fraction of sp³-hybridized carbons (Fsp3) is 0.875. The molecule has 0 aromatic carbocycles. The topological polar surface area (TPSA) is 0 Å². The lowest BCUT2D eigenvalue weighted by atomic mass is 10.1. The Morgan fingerprint density at radius 2 is 2.00 bits per heavy atom. The minimum absolute atomic E-state index is 0.467. The summed E-state index contributed by atoms with van der Waals surface area (Å²) in [6.45, 7) is 6.41. The molecule has 0 saturated heterocycles. The van der Waals surface area contributed by atoms with Crippen molar-refractivity contribution in [1.82, 2.24) is 0 Å². The fourth-order valence-corrected chi connectivity index (χ4v) is 1.13. The summed E-state index contributed by atoms with van der Waals surface area (Å²) in [5, 5.41) is 0.467. The Bertz CT molecular complexity index is 108. The normalized spacial score (nSPS) is 13.7. The van der Waals surface area contributed by atoms with Gasteiger partial charge in [0.25, 0.3) is 0 Å². The SMILES string of the molecule is CCC(S)CC(=S)C(C)C. The first kappa shape index (κ1) is 10.4. The summed E-state index contributed by atoms with van der Waals surface area (Å²) >= 11 is 9.55. The van der Waals surface area contributed by atoms with Crippen molar-refractivity contribution in [2.24, 2.45) is 5.92 Å². The molecule has 0 heterocycles. The van der Waals surface area contributed by atoms with Crippen molar-refractivity contribution in [3.63, 3.8) is 0 Å². The van der Waals surface area contributed by atoms with Crippen LogP contribution in [0.15, 0.2) is 0 Å². The van der Waals surface area contributed by atoms with Gasteiger partial charge in [-0.15, -0.1) is 0 Å². The van der Waals surface area contributed by atoms with E-state index < -0.39 is 0 Å². The third-order valence-corrected chi connectivity index (χ3v) is 2.74. The monoisotopic (exact) mass is 176 g/mol. The van der Waals surface area contributed by atoms with Gasteiger partial charge in [-0.2, -0.15) is 12.6 Å². The molecule has 10 heavy (non-hydrogen) atoms. The molecule has 1 atom stereocenters. The third kappa shape index (κ3) is 4.29. The molecule has 0 aromatic heterocycles. The van der Waals surface area contributed by atoms with Crippen LogP contribution in [0, 0.1) is 5.92 Å². The summed E-state index contributed by atoms with van der Waals surface area (Å²) < 4.78 is 0. The minimum atomic E-state index is 0.467. The van der Waals surface area contributed by atoms with E-state index in [2.05, 4.69) is 33.4 Å². The predicted molar refractivity (Wildman–Crippen MR) is 55.1 cm³/mol. The van der Waals surface area contributed by atoms with Crippen LogP contribution in [-0.2, 0) is 0 Å². The Labute approximate surface area is 74.8 Å². The second kappa shape index (κ2) is 5.14. The first-order valence-electron chi connectivity index (χ1n) is 3.78. The van der Waals surface area contributed by atoms with Gasteiger partial charge < -0.3 is 0 Å². The molecule has 60 valence electrons. The van der Waals surface area contributed by atoms with Gasteiger partial charge in [-0.25, -0.2) is 0 Å². The summed E-state index contributed by atoms with van der Waals surface area (Å²) in [6, 6.07) is 0. The van der Waals surface area contributed by atoms with Gasteiger partial charge in [-0.1, -0.05) is 33.0 Å². The molecule has 0 bridgehead atoms. The van der Waals surface area contributed by atoms with E-state index in [1.807, 2.05) is 0 Å². The van der Waals surface area contributed by atoms with Crippen LogP contribution in [0.3, 0.4) is 0 Å². The lowest BCUT2D eigenvalue weighted by Gasteiger charge is -2.10. The van der Waals surface area contributed by atoms with Gasteiger partial charge in [0.05, 0.1) is 0 Å². The Morgan fingerprint density at radius 1 is 1.50 bits per heavy atom. The molecule has 0 nitrogen and oxygen atoms in total. The van der Waals surface area contributed by atoms with Crippen LogP contribution in [-0.4, -0.2) is 10.1 Å². The van der Waals surface area contributed by atoms with E-state index >= 15 is 0 Å². The zero-order valence-corrected chi connectivity index (χ0v) is 8.64. The lowest BCUT2D eigenvalue weighted by molar-refractivity contribution is 0.811. The zero-order chi connectivity index (χ0) is 8.15. The molecule has 1 unspecified atom stereocenters. The van der Waals surface area contributed by atoms with Gasteiger partial charge in [0.2, 0.25) is 0 Å². The molecule has 0 fully saturated rings. The van der Waals surface area contributed by atoms with Gasteiger partial charge >= 0.3 is 0 Å². The van der Waals surface area contributed by atoms with E-state index in [1.165, 1.54) is 0 Å². The van der Waals surface area contributed by atoms with E-state index in [0.29, 0.717) is 11.2 Å². The number of hydrogen-bond donors (Lipinski definition) is 1. The van der Waals surface area contributed by atoms with Crippen LogP contribution >= 0.6 is 24.8 Å². The van der Waals surface area contributed by atoms with Crippen molar-refractivity contribution in [3.05, 3.63) is 0 Å². The van der Waals surface area contributed by atoms with Gasteiger partial charge in [0, 0.05) is 5.25 Å². The van der Waals surface area contributed by atoms with Gasteiger partial charge in [-0.3, -0.25) is 0 Å². The smallest absolute Gasteiger partial charge is 0.00596 e. The molecule has 0 N–H and O–H groups in total. The van der Waals surface area contributed by atoms with E-state index in [9.17, 15) is 0 Å². The second-order valence-electron chi connectivity index (χ2n) is 2.89. The van der Waals surface area contributed by atoms with Crippen LogP contribution < -0.4 is 0 Å². The van der Waals surface area contributed by atoms with Crippen LogP contribution in [0.1, 0.15) is 33.6 Å². The summed E-state index contributed by atoms with van der Waals surface area (Å²) in [5.41, 5.74) is 0. The number of hydrogen-bond acceptors (Lipinski definition) is 2. The fourth-order valence-electron chi connectivity index (χ4n) is 0.612. The summed E-state index contributed by atoms with van der Waals surface area (Å²) in [7, 11) is 0. The lowest BCUT2D eigenvalue weighted by Crippen LogP contribution is -2.10. The van der Waals surface area contributed by atoms with E-state index in [0.717, 1.165) is 17.7 Å². The quantitative estimate of drug-likeness (QED) is 0.507. The largest absolute Gasteiger partial charge is 0.176 e. The predicted octanol–water partition coefficient (Wildman–Crippen LogP) is 3.11. The van der Waals surface area contributed by atoms with Crippen molar-refractivity contribution >= 4 is 29.7 Å². The van der Waals surface area contributed by atoms with Crippen molar-refractivity contribution in [3.8, 4) is 0 Å². The van der Waals surface area contributed by atoms with E-state index in [1.54, 1.807) is 0 Å². The minimum Gasteiger partial charge on any atom is -0.176 e. The van der Waals surface area contributed by atoms with Gasteiger partial charge in [0.1, 0.15) is 0 Å². The first-order chi connectivity index (χ1) is 4.57. The van der Waals surface area contributed by atoms with Crippen LogP contribution in [0.5, 0.6) is 0 Å². The molecule has 0 amide bonds. The summed E-state index contributed by atoms with van der Waals surface area (Å²) in [6.07, 6.45) is 2.10. The van der Waals surface area contributed by atoms with Crippen molar-refractivity contribution in [2.45, 2.75) is 38.9 Å². The first-order valence-corrected chi connectivity index (χ1v) is 4.71. The Morgan fingerprint density at radius 3 is 2.30 bits per heavy atom. The third-order valence-electron chi connectivity index (χ3n) is 1.55. The highest BCUT2D eigenvalue weighted by Gasteiger charge is 2.06. The Balaban J connectivity index is 3.57. The van der Waals surface area contributed by atoms with Crippen molar-refractivity contribution in [1.29, 1.82) is 0 Å². The molecule has 0 radical (unpaired) electrons. The zero-order valence-electron chi connectivity index (χ0n) is 6.92. The highest BCUT2D eigenvalue weighted by atomic mass is 32.1. The molecule has 2 heteroatoms. The molecule has 0 spiro atoms. The average Bonchev–Trinajstić information content (AvgIpc) is 1.87. The number of thiol groups is 1. The van der Waals surface area contributed by atoms with Crippen molar-refractivity contribution in [2.75, 3.05) is 0 Å². The molecule has 0 rings (SSSR count). The highest BCUT2D eigenvalue weighted by molar-refractivity contribution is 7.82.